The van der Waals surface area contributed by atoms with Gasteiger partial charge in [0.05, 0.1) is 12.0 Å². The number of carbonyl (C=O) groups excluding carboxylic acids is 2. The van der Waals surface area contributed by atoms with E-state index >= 15 is 0 Å². The number of nitrogens with one attached hydrogen (secondary N) is 1. The van der Waals surface area contributed by atoms with Gasteiger partial charge in [0.2, 0.25) is 11.7 Å². The summed E-state index contributed by atoms with van der Waals surface area (Å²) in [5.74, 6) is -0.386. The molecule has 2 aromatic rings. The molecule has 0 aliphatic carbocycles. The normalized spacial score (nSPS) is 11.6. The molecule has 0 aliphatic heterocycles. The zero-order valence-corrected chi connectivity index (χ0v) is 19.0. The van der Waals surface area contributed by atoms with E-state index in [1.54, 1.807) is 6.92 Å². The largest absolute Gasteiger partial charge is 0.490 e. The number of ether oxygens (including phenoxy) is 2. The predicted molar refractivity (Wildman–Crippen MR) is 120 cm³/mol. The second-order valence-corrected chi connectivity index (χ2v) is 7.73. The van der Waals surface area contributed by atoms with Gasteiger partial charge in [-0.25, -0.2) is 0 Å². The number of carbonyl (C=O) groups is 2. The van der Waals surface area contributed by atoms with Crippen molar-refractivity contribution in [3.05, 3.63) is 63.7 Å². The molecule has 0 heterocycles. The van der Waals surface area contributed by atoms with Gasteiger partial charge in [-0.1, -0.05) is 29.8 Å². The van der Waals surface area contributed by atoms with Crippen LogP contribution in [-0.2, 0) is 16.1 Å². The van der Waals surface area contributed by atoms with E-state index in [0.717, 1.165) is 11.1 Å². The van der Waals surface area contributed by atoms with Crippen LogP contribution in [0.5, 0.6) is 11.5 Å². The summed E-state index contributed by atoms with van der Waals surface area (Å²) in [6.07, 6.45) is 0. The molecular weight excluding hydrogens is 414 g/mol. The van der Waals surface area contributed by atoms with Crippen molar-refractivity contribution in [3.8, 4) is 11.5 Å². The SMILES string of the molecule is COc1cc(OCC(=O)N(Cc2ccc(C)cc2)[C@H](C)C(=O)NC(C)C)ccc1[N+](=O)[O-]. The summed E-state index contributed by atoms with van der Waals surface area (Å²) < 4.78 is 10.6. The van der Waals surface area contributed by atoms with E-state index in [-0.39, 0.29) is 42.3 Å². The van der Waals surface area contributed by atoms with Gasteiger partial charge in [-0.2, -0.15) is 0 Å². The summed E-state index contributed by atoms with van der Waals surface area (Å²) in [6.45, 7) is 7.23. The Morgan fingerprint density at radius 3 is 2.34 bits per heavy atom. The maximum Gasteiger partial charge on any atom is 0.311 e. The molecule has 0 fully saturated rings. The maximum absolute atomic E-state index is 13.0. The Labute approximate surface area is 187 Å². The van der Waals surface area contributed by atoms with E-state index in [2.05, 4.69) is 5.32 Å². The molecule has 0 bridgehead atoms. The fourth-order valence-electron chi connectivity index (χ4n) is 3.00. The van der Waals surface area contributed by atoms with Crippen LogP contribution < -0.4 is 14.8 Å². The first kappa shape index (κ1) is 24.6. The lowest BCUT2D eigenvalue weighted by atomic mass is 10.1. The monoisotopic (exact) mass is 443 g/mol. The van der Waals surface area contributed by atoms with Crippen molar-refractivity contribution in [2.24, 2.45) is 0 Å². The van der Waals surface area contributed by atoms with Crippen LogP contribution in [0.15, 0.2) is 42.5 Å². The van der Waals surface area contributed by atoms with E-state index in [1.165, 1.54) is 30.2 Å². The molecule has 0 unspecified atom stereocenters. The Kier molecular flexibility index (Phi) is 8.57. The van der Waals surface area contributed by atoms with E-state index in [0.29, 0.717) is 0 Å². The Balaban J connectivity index is 2.18. The zero-order chi connectivity index (χ0) is 23.8. The number of nitrogens with zero attached hydrogens (tertiary/aromatic N) is 2. The Hall–Kier alpha value is -3.62. The summed E-state index contributed by atoms with van der Waals surface area (Å²) in [5.41, 5.74) is 1.77. The molecule has 172 valence electrons. The van der Waals surface area contributed by atoms with E-state index in [4.69, 9.17) is 9.47 Å². The Morgan fingerprint density at radius 1 is 1.12 bits per heavy atom. The average Bonchev–Trinajstić information content (AvgIpc) is 2.75. The van der Waals surface area contributed by atoms with Gasteiger partial charge in [-0.15, -0.1) is 0 Å². The maximum atomic E-state index is 13.0. The Morgan fingerprint density at radius 2 is 1.78 bits per heavy atom. The van der Waals surface area contributed by atoms with Crippen LogP contribution in [-0.4, -0.2) is 47.4 Å². The van der Waals surface area contributed by atoms with Gasteiger partial charge < -0.3 is 19.7 Å². The van der Waals surface area contributed by atoms with Gasteiger partial charge in [0.25, 0.3) is 5.91 Å². The van der Waals surface area contributed by atoms with Gasteiger partial charge >= 0.3 is 5.69 Å². The molecule has 0 saturated carbocycles. The number of methoxy groups -OCH3 is 1. The number of rotatable bonds is 10. The first-order valence-corrected chi connectivity index (χ1v) is 10.2. The molecule has 2 rings (SSSR count). The summed E-state index contributed by atoms with van der Waals surface area (Å²) in [5, 5.41) is 13.9. The molecule has 1 atom stereocenters. The van der Waals surface area contributed by atoms with Crippen LogP contribution in [0.25, 0.3) is 0 Å². The molecule has 0 saturated heterocycles. The molecule has 0 aliphatic rings. The fourth-order valence-corrected chi connectivity index (χ4v) is 3.00. The highest BCUT2D eigenvalue weighted by Crippen LogP contribution is 2.30. The van der Waals surface area contributed by atoms with Crippen molar-refractivity contribution in [1.82, 2.24) is 10.2 Å². The number of benzene rings is 2. The zero-order valence-electron chi connectivity index (χ0n) is 19.0. The van der Waals surface area contributed by atoms with Crippen LogP contribution in [0, 0.1) is 17.0 Å². The van der Waals surface area contributed by atoms with E-state index in [1.807, 2.05) is 45.0 Å². The lowest BCUT2D eigenvalue weighted by Crippen LogP contribution is -2.50. The van der Waals surface area contributed by atoms with Gasteiger partial charge in [0, 0.05) is 24.7 Å². The summed E-state index contributed by atoms with van der Waals surface area (Å²) in [4.78, 5) is 37.5. The smallest absolute Gasteiger partial charge is 0.311 e. The molecule has 2 amide bonds. The molecule has 0 aromatic heterocycles. The second kappa shape index (κ2) is 11.1. The highest BCUT2D eigenvalue weighted by atomic mass is 16.6. The van der Waals surface area contributed by atoms with Crippen LogP contribution in [0.4, 0.5) is 5.69 Å². The van der Waals surface area contributed by atoms with Crippen LogP contribution in [0.3, 0.4) is 0 Å². The summed E-state index contributed by atoms with van der Waals surface area (Å²) in [6, 6.07) is 10.9. The lowest BCUT2D eigenvalue weighted by molar-refractivity contribution is -0.385. The summed E-state index contributed by atoms with van der Waals surface area (Å²) in [7, 11) is 1.32. The second-order valence-electron chi connectivity index (χ2n) is 7.73. The Bertz CT molecular complexity index is 959. The number of amides is 2. The van der Waals surface area contributed by atoms with Gasteiger partial charge in [-0.05, 0) is 39.3 Å². The number of hydrogen-bond donors (Lipinski definition) is 1. The molecule has 32 heavy (non-hydrogen) atoms. The van der Waals surface area contributed by atoms with E-state index < -0.39 is 16.9 Å². The van der Waals surface area contributed by atoms with E-state index in [9.17, 15) is 19.7 Å². The number of nitro benzene ring substituents is 1. The predicted octanol–water partition coefficient (Wildman–Crippen LogP) is 3.23. The third-order valence-electron chi connectivity index (χ3n) is 4.78. The minimum Gasteiger partial charge on any atom is -0.490 e. The van der Waals surface area contributed by atoms with Gasteiger partial charge in [-0.3, -0.25) is 19.7 Å². The first-order chi connectivity index (χ1) is 15.1. The summed E-state index contributed by atoms with van der Waals surface area (Å²) >= 11 is 0. The lowest BCUT2D eigenvalue weighted by Gasteiger charge is -2.29. The van der Waals surface area contributed by atoms with Crippen LogP contribution in [0.2, 0.25) is 0 Å². The molecule has 0 spiro atoms. The minimum absolute atomic E-state index is 0.0288. The average molecular weight is 444 g/mol. The van der Waals surface area contributed by atoms with Crippen molar-refractivity contribution in [3.63, 3.8) is 0 Å². The molecule has 2 aromatic carbocycles. The topological polar surface area (TPSA) is 111 Å². The molecule has 9 heteroatoms. The van der Waals surface area contributed by atoms with Crippen molar-refractivity contribution in [2.45, 2.75) is 46.3 Å². The molecule has 1 N–H and O–H groups in total. The third-order valence-corrected chi connectivity index (χ3v) is 4.78. The highest BCUT2D eigenvalue weighted by molar-refractivity contribution is 5.88. The van der Waals surface area contributed by atoms with Crippen molar-refractivity contribution < 1.29 is 24.0 Å². The standard InChI is InChI=1S/C23H29N3O6/c1-15(2)24-23(28)17(4)25(13-18-8-6-16(3)7-9-18)22(27)14-32-19-10-11-20(26(29)30)21(12-19)31-5/h6-12,15,17H,13-14H2,1-5H3,(H,24,28)/t17-/m1/s1. The molecule has 0 radical (unpaired) electrons. The molecular formula is C23H29N3O6. The fraction of sp³-hybridized carbons (Fsp3) is 0.391. The first-order valence-electron chi connectivity index (χ1n) is 10.2. The highest BCUT2D eigenvalue weighted by Gasteiger charge is 2.27. The van der Waals surface area contributed by atoms with Crippen molar-refractivity contribution in [2.75, 3.05) is 13.7 Å². The number of hydrogen-bond acceptors (Lipinski definition) is 6. The third kappa shape index (κ3) is 6.69. The van der Waals surface area contributed by atoms with Crippen molar-refractivity contribution in [1.29, 1.82) is 0 Å². The minimum atomic E-state index is -0.721. The molecule has 9 nitrogen and oxygen atoms in total. The van der Waals surface area contributed by atoms with Crippen LogP contribution in [0.1, 0.15) is 31.9 Å². The number of aryl methyl sites for hydroxylation is 1. The number of nitro groups is 1. The van der Waals surface area contributed by atoms with Gasteiger partial charge in [0.15, 0.2) is 6.61 Å². The quantitative estimate of drug-likeness (QED) is 0.446. The van der Waals surface area contributed by atoms with Crippen molar-refractivity contribution >= 4 is 17.5 Å². The van der Waals surface area contributed by atoms with Crippen LogP contribution >= 0.6 is 0 Å². The van der Waals surface area contributed by atoms with Gasteiger partial charge in [0.1, 0.15) is 11.8 Å².